The van der Waals surface area contributed by atoms with Gasteiger partial charge in [-0.15, -0.1) is 0 Å². The first-order valence-electron chi connectivity index (χ1n) is 11.6. The molecule has 0 bridgehead atoms. The highest BCUT2D eigenvalue weighted by Crippen LogP contribution is 2.22. The Morgan fingerprint density at radius 2 is 1.76 bits per heavy atom. The van der Waals surface area contributed by atoms with E-state index in [2.05, 4.69) is 55.0 Å². The number of nitrogens with zero attached hydrogens (tertiary/aromatic N) is 3. The molecule has 0 amide bonds. The minimum atomic E-state index is -0.317. The maximum Gasteiger partial charge on any atom is 0.342 e. The van der Waals surface area contributed by atoms with Crippen LogP contribution in [0.15, 0.2) is 71.3 Å². The predicted molar refractivity (Wildman–Crippen MR) is 137 cm³/mol. The summed E-state index contributed by atoms with van der Waals surface area (Å²) in [5.74, 6) is 1.26. The highest BCUT2D eigenvalue weighted by atomic mass is 79.9. The average Bonchev–Trinajstić information content (AvgIpc) is 2.84. The third-order valence-electron chi connectivity index (χ3n) is 5.65. The van der Waals surface area contributed by atoms with Gasteiger partial charge in [-0.2, -0.15) is 0 Å². The third kappa shape index (κ3) is 6.58. The number of esters is 1. The fourth-order valence-corrected chi connectivity index (χ4v) is 4.39. The van der Waals surface area contributed by atoms with Crippen molar-refractivity contribution in [3.8, 4) is 5.75 Å². The van der Waals surface area contributed by atoms with Crippen LogP contribution in [0.5, 0.6) is 5.75 Å². The Kier molecular flexibility index (Phi) is 8.19. The van der Waals surface area contributed by atoms with Crippen LogP contribution in [0, 0.1) is 0 Å². The van der Waals surface area contributed by atoms with Crippen LogP contribution in [0.1, 0.15) is 35.3 Å². The van der Waals surface area contributed by atoms with Crippen LogP contribution in [-0.2, 0) is 17.9 Å². The zero-order chi connectivity index (χ0) is 23.9. The molecule has 0 aliphatic carbocycles. The number of pyridine rings is 1. The van der Waals surface area contributed by atoms with Crippen molar-refractivity contribution in [2.45, 2.75) is 33.1 Å². The molecule has 0 spiro atoms. The highest BCUT2D eigenvalue weighted by molar-refractivity contribution is 9.10. The SMILES string of the molecule is CC(C)OC(=O)c1cccnc1N1CCN(Cc2ccc(OCc3cccc(Br)c3)cc2)CC1. The Bertz CT molecular complexity index is 1100. The molecule has 1 aliphatic rings. The minimum absolute atomic E-state index is 0.158. The zero-order valence-corrected chi connectivity index (χ0v) is 21.2. The molecule has 2 heterocycles. The predicted octanol–water partition coefficient (Wildman–Crippen LogP) is 5.31. The van der Waals surface area contributed by atoms with E-state index in [0.717, 1.165) is 48.5 Å². The lowest BCUT2D eigenvalue weighted by Crippen LogP contribution is -2.46. The van der Waals surface area contributed by atoms with Crippen molar-refractivity contribution in [3.63, 3.8) is 0 Å². The molecule has 178 valence electrons. The molecule has 34 heavy (non-hydrogen) atoms. The Morgan fingerprint density at radius 3 is 2.47 bits per heavy atom. The highest BCUT2D eigenvalue weighted by Gasteiger charge is 2.23. The summed E-state index contributed by atoms with van der Waals surface area (Å²) in [4.78, 5) is 21.6. The first-order valence-corrected chi connectivity index (χ1v) is 12.4. The molecule has 0 unspecified atom stereocenters. The van der Waals surface area contributed by atoms with E-state index in [9.17, 15) is 4.79 Å². The van der Waals surface area contributed by atoms with Crippen LogP contribution in [0.2, 0.25) is 0 Å². The maximum atomic E-state index is 12.5. The van der Waals surface area contributed by atoms with Crippen molar-refractivity contribution >= 4 is 27.7 Å². The van der Waals surface area contributed by atoms with Crippen molar-refractivity contribution in [3.05, 3.63) is 88.0 Å². The number of anilines is 1. The fraction of sp³-hybridized carbons (Fsp3) is 0.333. The van der Waals surface area contributed by atoms with Crippen LogP contribution in [0.3, 0.4) is 0 Å². The van der Waals surface area contributed by atoms with E-state index in [4.69, 9.17) is 9.47 Å². The van der Waals surface area contributed by atoms with Gasteiger partial charge >= 0.3 is 5.97 Å². The van der Waals surface area contributed by atoms with E-state index in [-0.39, 0.29) is 12.1 Å². The molecule has 3 aromatic rings. The molecule has 2 aromatic carbocycles. The molecule has 1 aliphatic heterocycles. The Balaban J connectivity index is 1.29. The van der Waals surface area contributed by atoms with Crippen LogP contribution in [0.4, 0.5) is 5.82 Å². The van der Waals surface area contributed by atoms with E-state index < -0.39 is 0 Å². The molecule has 0 saturated carbocycles. The quantitative estimate of drug-likeness (QED) is 0.373. The number of rotatable bonds is 8. The second-order valence-corrected chi connectivity index (χ2v) is 9.57. The molecule has 0 radical (unpaired) electrons. The van der Waals surface area contributed by atoms with Gasteiger partial charge in [0.15, 0.2) is 0 Å². The molecule has 1 fully saturated rings. The smallest absolute Gasteiger partial charge is 0.342 e. The Labute approximate surface area is 209 Å². The van der Waals surface area contributed by atoms with Crippen LogP contribution in [-0.4, -0.2) is 48.1 Å². The number of piperazine rings is 1. The second-order valence-electron chi connectivity index (χ2n) is 8.65. The average molecular weight is 524 g/mol. The van der Waals surface area contributed by atoms with Gasteiger partial charge in [-0.3, -0.25) is 4.90 Å². The lowest BCUT2D eigenvalue weighted by Gasteiger charge is -2.36. The standard InChI is InChI=1S/C27H30BrN3O3/c1-20(2)34-27(32)25-7-4-12-29-26(25)31-15-13-30(14-16-31)18-21-8-10-24(11-9-21)33-19-22-5-3-6-23(28)17-22/h3-12,17,20H,13-16,18-19H2,1-2H3. The van der Waals surface area contributed by atoms with E-state index >= 15 is 0 Å². The van der Waals surface area contributed by atoms with Crippen LogP contribution < -0.4 is 9.64 Å². The first-order chi connectivity index (χ1) is 16.5. The number of aromatic nitrogens is 1. The fourth-order valence-electron chi connectivity index (χ4n) is 3.95. The monoisotopic (exact) mass is 523 g/mol. The van der Waals surface area contributed by atoms with Gasteiger partial charge in [-0.1, -0.05) is 40.2 Å². The lowest BCUT2D eigenvalue weighted by atomic mass is 10.1. The van der Waals surface area contributed by atoms with Gasteiger partial charge in [-0.05, 0) is 61.4 Å². The largest absolute Gasteiger partial charge is 0.489 e. The van der Waals surface area contributed by atoms with Crippen molar-refractivity contribution in [1.82, 2.24) is 9.88 Å². The minimum Gasteiger partial charge on any atom is -0.489 e. The van der Waals surface area contributed by atoms with Gasteiger partial charge in [0.1, 0.15) is 23.7 Å². The Hall–Kier alpha value is -2.90. The van der Waals surface area contributed by atoms with E-state index in [0.29, 0.717) is 18.0 Å². The van der Waals surface area contributed by atoms with Gasteiger partial charge in [0.25, 0.3) is 0 Å². The molecule has 1 saturated heterocycles. The van der Waals surface area contributed by atoms with Gasteiger partial charge in [0.2, 0.25) is 0 Å². The molecular weight excluding hydrogens is 494 g/mol. The van der Waals surface area contributed by atoms with E-state index in [1.807, 2.05) is 38.1 Å². The van der Waals surface area contributed by atoms with Crippen molar-refractivity contribution in [2.75, 3.05) is 31.1 Å². The number of halogens is 1. The normalized spacial score (nSPS) is 14.3. The second kappa shape index (κ2) is 11.5. The van der Waals surface area contributed by atoms with Gasteiger partial charge in [0.05, 0.1) is 6.10 Å². The number of benzene rings is 2. The van der Waals surface area contributed by atoms with Gasteiger partial charge < -0.3 is 14.4 Å². The molecule has 0 atom stereocenters. The molecule has 4 rings (SSSR count). The van der Waals surface area contributed by atoms with E-state index in [1.54, 1.807) is 18.3 Å². The van der Waals surface area contributed by atoms with Gasteiger partial charge in [0, 0.05) is 43.4 Å². The first kappa shape index (κ1) is 24.2. The molecule has 6 nitrogen and oxygen atoms in total. The van der Waals surface area contributed by atoms with Crippen LogP contribution in [0.25, 0.3) is 0 Å². The molecular formula is C27H30BrN3O3. The zero-order valence-electron chi connectivity index (χ0n) is 19.6. The topological polar surface area (TPSA) is 54.9 Å². The maximum absolute atomic E-state index is 12.5. The third-order valence-corrected chi connectivity index (χ3v) is 6.14. The number of hydrogen-bond acceptors (Lipinski definition) is 6. The summed E-state index contributed by atoms with van der Waals surface area (Å²) in [6, 6.07) is 20.0. The summed E-state index contributed by atoms with van der Waals surface area (Å²) in [6.07, 6.45) is 1.57. The van der Waals surface area contributed by atoms with Crippen molar-refractivity contribution in [1.29, 1.82) is 0 Å². The van der Waals surface area contributed by atoms with Gasteiger partial charge in [-0.25, -0.2) is 9.78 Å². The van der Waals surface area contributed by atoms with Crippen molar-refractivity contribution in [2.24, 2.45) is 0 Å². The summed E-state index contributed by atoms with van der Waals surface area (Å²) in [5, 5.41) is 0. The van der Waals surface area contributed by atoms with Crippen LogP contribution >= 0.6 is 15.9 Å². The summed E-state index contributed by atoms with van der Waals surface area (Å²) >= 11 is 3.49. The molecule has 0 N–H and O–H groups in total. The number of carbonyl (C=O) groups excluding carboxylic acids is 1. The molecule has 7 heteroatoms. The summed E-state index contributed by atoms with van der Waals surface area (Å²) < 4.78 is 12.4. The lowest BCUT2D eigenvalue weighted by molar-refractivity contribution is 0.0378. The number of ether oxygens (including phenoxy) is 2. The van der Waals surface area contributed by atoms with Crippen molar-refractivity contribution < 1.29 is 14.3 Å². The summed E-state index contributed by atoms with van der Waals surface area (Å²) in [6.45, 7) is 8.55. The number of hydrogen-bond donors (Lipinski definition) is 0. The summed E-state index contributed by atoms with van der Waals surface area (Å²) in [7, 11) is 0. The Morgan fingerprint density at radius 1 is 1.00 bits per heavy atom. The number of carbonyl (C=O) groups is 1. The summed E-state index contributed by atoms with van der Waals surface area (Å²) in [5.41, 5.74) is 2.91. The molecule has 1 aromatic heterocycles. The van der Waals surface area contributed by atoms with E-state index in [1.165, 1.54) is 5.56 Å².